The van der Waals surface area contributed by atoms with Crippen LogP contribution in [0.15, 0.2) is 41.3 Å². The number of non-ortho nitro benzene ring substituents is 1. The van der Waals surface area contributed by atoms with Crippen LogP contribution in [-0.4, -0.2) is 69.1 Å². The normalized spacial score (nSPS) is 14.2. The highest BCUT2D eigenvalue weighted by atomic mass is 32.1. The molecule has 1 amide bonds. The van der Waals surface area contributed by atoms with Gasteiger partial charge in [0.25, 0.3) is 5.69 Å². The number of nitrogens with one attached hydrogen (secondary N) is 1. The molecule has 2 aromatic carbocycles. The van der Waals surface area contributed by atoms with Crippen molar-refractivity contribution in [3.63, 3.8) is 0 Å². The molecule has 5 rings (SSSR count). The molecule has 1 aliphatic rings. The predicted molar refractivity (Wildman–Crippen MR) is 144 cm³/mol. The maximum atomic E-state index is 15.1. The van der Waals surface area contributed by atoms with E-state index in [0.717, 1.165) is 17.4 Å². The van der Waals surface area contributed by atoms with Crippen molar-refractivity contribution in [1.82, 2.24) is 14.5 Å². The monoisotopic (exact) mass is 554 g/mol. The van der Waals surface area contributed by atoms with Crippen molar-refractivity contribution < 1.29 is 24.0 Å². The summed E-state index contributed by atoms with van der Waals surface area (Å²) in [6, 6.07) is 6.98. The highest BCUT2D eigenvalue weighted by Gasteiger charge is 2.24. The first kappa shape index (κ1) is 26.2. The number of aromatic nitrogens is 2. The minimum Gasteiger partial charge on any atom is -0.477 e. The van der Waals surface area contributed by atoms with E-state index in [4.69, 9.17) is 0 Å². The standard InChI is InChI=1S/C25H23FN6O6S/c1-2-30-12-16(24(35)36)23(34)15-10-17(26)20(11-19(15)30)31-7-5-29(6-8-31)13-22(33)28-25-27-18-4-3-14(32(37)38)9-21(18)39-25/h3-4,9-12H,2,5-8,13H2,1H3,(H,35,36)(H,27,28,33). The van der Waals surface area contributed by atoms with E-state index in [0.29, 0.717) is 59.3 Å². The number of carboxylic acids is 1. The average Bonchev–Trinajstić information content (AvgIpc) is 3.30. The second kappa shape index (κ2) is 10.4. The van der Waals surface area contributed by atoms with Gasteiger partial charge in [0.15, 0.2) is 5.13 Å². The summed E-state index contributed by atoms with van der Waals surface area (Å²) in [6.07, 6.45) is 1.28. The Morgan fingerprint density at radius 1 is 1.21 bits per heavy atom. The third-order valence-corrected chi connectivity index (χ3v) is 7.56. The third-order valence-electron chi connectivity index (χ3n) is 6.63. The quantitative estimate of drug-likeness (QED) is 0.259. The van der Waals surface area contributed by atoms with Crippen molar-refractivity contribution in [2.75, 3.05) is 42.9 Å². The summed E-state index contributed by atoms with van der Waals surface area (Å²) in [5.41, 5.74) is 0.129. The molecule has 39 heavy (non-hydrogen) atoms. The number of thiazole rings is 1. The van der Waals surface area contributed by atoms with Crippen LogP contribution < -0.4 is 15.6 Å². The number of fused-ring (bicyclic) bond motifs is 2. The molecule has 3 heterocycles. The Hall–Kier alpha value is -4.43. The molecular weight excluding hydrogens is 531 g/mol. The summed E-state index contributed by atoms with van der Waals surface area (Å²) in [4.78, 5) is 55.2. The number of nitro benzene ring substituents is 1. The number of nitro groups is 1. The van der Waals surface area contributed by atoms with Gasteiger partial charge in [-0.15, -0.1) is 0 Å². The number of hydrogen-bond acceptors (Lipinski definition) is 9. The zero-order valence-corrected chi connectivity index (χ0v) is 21.5. The summed E-state index contributed by atoms with van der Waals surface area (Å²) >= 11 is 1.15. The smallest absolute Gasteiger partial charge is 0.341 e. The lowest BCUT2D eigenvalue weighted by molar-refractivity contribution is -0.384. The number of hydrogen-bond donors (Lipinski definition) is 2. The van der Waals surface area contributed by atoms with Gasteiger partial charge in [0.2, 0.25) is 11.3 Å². The van der Waals surface area contributed by atoms with E-state index in [1.54, 1.807) is 17.6 Å². The van der Waals surface area contributed by atoms with Crippen LogP contribution in [0.5, 0.6) is 0 Å². The van der Waals surface area contributed by atoms with Crippen LogP contribution in [0.2, 0.25) is 0 Å². The fourth-order valence-electron chi connectivity index (χ4n) is 4.64. The lowest BCUT2D eigenvalue weighted by Gasteiger charge is -2.36. The lowest BCUT2D eigenvalue weighted by atomic mass is 10.1. The number of pyridine rings is 1. The van der Waals surface area contributed by atoms with Gasteiger partial charge >= 0.3 is 5.97 Å². The first-order valence-electron chi connectivity index (χ1n) is 12.1. The average molecular weight is 555 g/mol. The van der Waals surface area contributed by atoms with Crippen molar-refractivity contribution in [2.24, 2.45) is 0 Å². The number of carbonyl (C=O) groups excluding carboxylic acids is 1. The summed E-state index contributed by atoms with van der Waals surface area (Å²) in [5, 5.41) is 23.4. The van der Waals surface area contributed by atoms with E-state index in [2.05, 4.69) is 10.3 Å². The summed E-state index contributed by atoms with van der Waals surface area (Å²) in [7, 11) is 0. The van der Waals surface area contributed by atoms with Gasteiger partial charge in [0, 0.05) is 56.4 Å². The number of aromatic carboxylic acids is 1. The number of halogens is 1. The lowest BCUT2D eigenvalue weighted by Crippen LogP contribution is -2.49. The summed E-state index contributed by atoms with van der Waals surface area (Å²) in [5.74, 6) is -2.26. The van der Waals surface area contributed by atoms with Gasteiger partial charge in [-0.3, -0.25) is 24.6 Å². The summed E-state index contributed by atoms with van der Waals surface area (Å²) < 4.78 is 17.3. The van der Waals surface area contributed by atoms with Crippen molar-refractivity contribution >= 4 is 60.8 Å². The number of piperazine rings is 1. The Kier molecular flexibility index (Phi) is 6.97. The number of nitrogens with zero attached hydrogens (tertiary/aromatic N) is 5. The molecule has 1 fully saturated rings. The molecule has 14 heteroatoms. The number of aryl methyl sites for hydroxylation is 1. The van der Waals surface area contributed by atoms with E-state index in [1.165, 1.54) is 24.4 Å². The molecule has 1 aliphatic heterocycles. The number of carboxylic acid groups (broad SMARTS) is 1. The van der Waals surface area contributed by atoms with Gasteiger partial charge in [-0.05, 0) is 25.1 Å². The van der Waals surface area contributed by atoms with Crippen LogP contribution >= 0.6 is 11.3 Å². The van der Waals surface area contributed by atoms with E-state index >= 15 is 4.39 Å². The third kappa shape index (κ3) is 5.15. The minimum absolute atomic E-state index is 0.0118. The number of carbonyl (C=O) groups is 2. The number of anilines is 2. The first-order chi connectivity index (χ1) is 18.6. The zero-order valence-electron chi connectivity index (χ0n) is 20.7. The Labute approximate surface area is 224 Å². The fraction of sp³-hybridized carbons (Fsp3) is 0.280. The Bertz CT molecular complexity index is 1690. The van der Waals surface area contributed by atoms with Crippen LogP contribution in [0, 0.1) is 15.9 Å². The van der Waals surface area contributed by atoms with Gasteiger partial charge in [-0.1, -0.05) is 11.3 Å². The van der Waals surface area contributed by atoms with Crippen molar-refractivity contribution in [2.45, 2.75) is 13.5 Å². The highest BCUT2D eigenvalue weighted by Crippen LogP contribution is 2.29. The predicted octanol–water partition coefficient (Wildman–Crippen LogP) is 3.14. The van der Waals surface area contributed by atoms with Crippen molar-refractivity contribution in [3.05, 3.63) is 68.2 Å². The number of benzene rings is 2. The topological polar surface area (TPSA) is 151 Å². The van der Waals surface area contributed by atoms with E-state index in [9.17, 15) is 29.6 Å². The molecule has 0 aliphatic carbocycles. The Morgan fingerprint density at radius 2 is 1.95 bits per heavy atom. The maximum Gasteiger partial charge on any atom is 0.341 e. The fourth-order valence-corrected chi connectivity index (χ4v) is 5.56. The number of rotatable bonds is 7. The molecule has 4 aromatic rings. The van der Waals surface area contributed by atoms with Crippen molar-refractivity contribution in [1.29, 1.82) is 0 Å². The molecule has 2 N–H and O–H groups in total. The van der Waals surface area contributed by atoms with E-state index in [-0.39, 0.29) is 23.5 Å². The van der Waals surface area contributed by atoms with E-state index < -0.39 is 27.7 Å². The number of amides is 1. The van der Waals surface area contributed by atoms with Gasteiger partial charge in [0.05, 0.1) is 32.9 Å². The second-order valence-corrected chi connectivity index (χ2v) is 10.1. The molecule has 1 saturated heterocycles. The van der Waals surface area contributed by atoms with Gasteiger partial charge in [-0.2, -0.15) is 0 Å². The van der Waals surface area contributed by atoms with Crippen LogP contribution in [0.3, 0.4) is 0 Å². The molecule has 202 valence electrons. The molecular formula is C25H23FN6O6S. The molecule has 0 unspecified atom stereocenters. The molecule has 0 spiro atoms. The van der Waals surface area contributed by atoms with Crippen LogP contribution in [0.1, 0.15) is 17.3 Å². The Balaban J connectivity index is 1.25. The zero-order chi connectivity index (χ0) is 27.8. The summed E-state index contributed by atoms with van der Waals surface area (Å²) in [6.45, 7) is 4.13. The molecule has 0 radical (unpaired) electrons. The molecule has 2 aromatic heterocycles. The van der Waals surface area contributed by atoms with Gasteiger partial charge in [0.1, 0.15) is 11.4 Å². The first-order valence-corrected chi connectivity index (χ1v) is 12.9. The molecule has 0 atom stereocenters. The molecule has 0 bridgehead atoms. The van der Waals surface area contributed by atoms with Gasteiger partial charge in [-0.25, -0.2) is 14.2 Å². The minimum atomic E-state index is -1.36. The highest BCUT2D eigenvalue weighted by molar-refractivity contribution is 7.22. The maximum absolute atomic E-state index is 15.1. The van der Waals surface area contributed by atoms with Crippen LogP contribution in [0.4, 0.5) is 20.9 Å². The largest absolute Gasteiger partial charge is 0.477 e. The Morgan fingerprint density at radius 3 is 2.62 bits per heavy atom. The van der Waals surface area contributed by atoms with Crippen LogP contribution in [-0.2, 0) is 11.3 Å². The molecule has 0 saturated carbocycles. The SMILES string of the molecule is CCn1cc(C(=O)O)c(=O)c2cc(F)c(N3CCN(CC(=O)Nc4nc5ccc([N+](=O)[O-])cc5s4)CC3)cc21. The second-order valence-electron chi connectivity index (χ2n) is 9.02. The van der Waals surface area contributed by atoms with E-state index in [1.807, 2.05) is 9.80 Å². The van der Waals surface area contributed by atoms with Gasteiger partial charge < -0.3 is 19.9 Å². The van der Waals surface area contributed by atoms with Crippen molar-refractivity contribution in [3.8, 4) is 0 Å². The van der Waals surface area contributed by atoms with Crippen LogP contribution in [0.25, 0.3) is 21.1 Å². The molecule has 12 nitrogen and oxygen atoms in total.